The minimum atomic E-state index is 0.327. The Balaban J connectivity index is 2.00. The zero-order valence-electron chi connectivity index (χ0n) is 7.76. The highest BCUT2D eigenvalue weighted by Crippen LogP contribution is 2.29. The molecule has 0 spiro atoms. The first-order valence-electron chi connectivity index (χ1n) is 4.63. The first-order valence-corrected chi connectivity index (χ1v) is 5.51. The van der Waals surface area contributed by atoms with Crippen LogP contribution in [0.25, 0.3) is 0 Å². The van der Waals surface area contributed by atoms with Crippen molar-refractivity contribution < 1.29 is 5.11 Å². The van der Waals surface area contributed by atoms with Gasteiger partial charge < -0.3 is 5.11 Å². The van der Waals surface area contributed by atoms with Gasteiger partial charge >= 0.3 is 0 Å². The third kappa shape index (κ3) is 2.42. The molecule has 0 bridgehead atoms. The second kappa shape index (κ2) is 4.38. The van der Waals surface area contributed by atoms with Gasteiger partial charge in [0.15, 0.2) is 0 Å². The molecule has 0 aromatic heterocycles. The van der Waals surface area contributed by atoms with Crippen LogP contribution in [0.3, 0.4) is 0 Å². The van der Waals surface area contributed by atoms with Gasteiger partial charge in [0, 0.05) is 10.1 Å². The molecule has 0 aliphatic heterocycles. The maximum Gasteiger partial charge on any atom is 0.115 e. The summed E-state index contributed by atoms with van der Waals surface area (Å²) in [5.74, 6) is 0.327. The number of rotatable bonds is 2. The number of phenols is 1. The van der Waals surface area contributed by atoms with E-state index in [0.717, 1.165) is 6.42 Å². The molecule has 1 unspecified atom stereocenters. The molecule has 0 heterocycles. The van der Waals surface area contributed by atoms with Crippen molar-refractivity contribution in [3.63, 3.8) is 0 Å². The lowest BCUT2D eigenvalue weighted by atomic mass is 10.2. The van der Waals surface area contributed by atoms with Gasteiger partial charge in [-0.15, -0.1) is 11.8 Å². The summed E-state index contributed by atoms with van der Waals surface area (Å²) >= 11 is 1.82. The third-order valence-corrected chi connectivity index (χ3v) is 3.26. The van der Waals surface area contributed by atoms with Crippen molar-refractivity contribution in [2.75, 3.05) is 0 Å². The van der Waals surface area contributed by atoms with Gasteiger partial charge in [0.25, 0.3) is 0 Å². The van der Waals surface area contributed by atoms with Crippen molar-refractivity contribution in [3.05, 3.63) is 48.6 Å². The Kier molecular flexibility index (Phi) is 2.94. The number of hydrogen-bond donors (Lipinski definition) is 1. The van der Waals surface area contributed by atoms with Crippen LogP contribution in [0.2, 0.25) is 0 Å². The number of thioether (sulfide) groups is 1. The Morgan fingerprint density at radius 1 is 1.14 bits per heavy atom. The minimum absolute atomic E-state index is 0.327. The molecule has 14 heavy (non-hydrogen) atoms. The summed E-state index contributed by atoms with van der Waals surface area (Å²) in [5, 5.41) is 9.66. The molecule has 1 aromatic rings. The van der Waals surface area contributed by atoms with E-state index in [1.165, 1.54) is 4.90 Å². The lowest BCUT2D eigenvalue weighted by Gasteiger charge is -2.12. The summed E-state index contributed by atoms with van der Waals surface area (Å²) in [5.41, 5.74) is 0. The molecule has 1 aromatic carbocycles. The summed E-state index contributed by atoms with van der Waals surface area (Å²) in [6.45, 7) is 0. The predicted octanol–water partition coefficient (Wildman–Crippen LogP) is 3.37. The molecule has 0 radical (unpaired) electrons. The second-order valence-corrected chi connectivity index (χ2v) is 4.51. The van der Waals surface area contributed by atoms with Crippen LogP contribution in [0, 0.1) is 0 Å². The Hall–Kier alpha value is -1.15. The molecule has 1 nitrogen and oxygen atoms in total. The number of aromatic hydroxyl groups is 1. The molecule has 1 N–H and O–H groups in total. The fraction of sp³-hybridized carbons (Fsp3) is 0.167. The molecule has 1 atom stereocenters. The minimum Gasteiger partial charge on any atom is -0.508 e. The Morgan fingerprint density at radius 2 is 1.93 bits per heavy atom. The van der Waals surface area contributed by atoms with Crippen LogP contribution >= 0.6 is 11.8 Å². The number of allylic oxidation sites excluding steroid dienone is 3. The van der Waals surface area contributed by atoms with E-state index >= 15 is 0 Å². The van der Waals surface area contributed by atoms with Crippen LogP contribution in [-0.4, -0.2) is 10.4 Å². The summed E-state index contributed by atoms with van der Waals surface area (Å²) < 4.78 is 0. The smallest absolute Gasteiger partial charge is 0.115 e. The molecule has 2 heteroatoms. The molecule has 2 rings (SSSR count). The summed E-state index contributed by atoms with van der Waals surface area (Å²) in [6.07, 6.45) is 9.63. The van der Waals surface area contributed by atoms with Gasteiger partial charge in [-0.25, -0.2) is 0 Å². The predicted molar refractivity (Wildman–Crippen MR) is 60.6 cm³/mol. The van der Waals surface area contributed by atoms with E-state index in [4.69, 9.17) is 5.11 Å². The van der Waals surface area contributed by atoms with Crippen LogP contribution in [-0.2, 0) is 0 Å². The summed E-state index contributed by atoms with van der Waals surface area (Å²) in [4.78, 5) is 1.20. The highest BCUT2D eigenvalue weighted by atomic mass is 32.2. The van der Waals surface area contributed by atoms with E-state index in [1.54, 1.807) is 12.1 Å². The number of benzene rings is 1. The molecule has 0 fully saturated rings. The van der Waals surface area contributed by atoms with Gasteiger partial charge in [0.2, 0.25) is 0 Å². The third-order valence-electron chi connectivity index (χ3n) is 2.07. The zero-order valence-corrected chi connectivity index (χ0v) is 8.58. The van der Waals surface area contributed by atoms with Crippen molar-refractivity contribution in [1.29, 1.82) is 0 Å². The Morgan fingerprint density at radius 3 is 2.57 bits per heavy atom. The molecule has 1 aliphatic rings. The van der Waals surface area contributed by atoms with E-state index in [0.29, 0.717) is 11.0 Å². The van der Waals surface area contributed by atoms with E-state index in [-0.39, 0.29) is 0 Å². The number of hydrogen-bond acceptors (Lipinski definition) is 2. The largest absolute Gasteiger partial charge is 0.508 e. The van der Waals surface area contributed by atoms with E-state index in [9.17, 15) is 0 Å². The molecule has 0 saturated carbocycles. The first kappa shape index (κ1) is 9.41. The second-order valence-electron chi connectivity index (χ2n) is 3.20. The highest BCUT2D eigenvalue weighted by Gasteiger charge is 2.06. The van der Waals surface area contributed by atoms with E-state index < -0.39 is 0 Å². The Bertz CT molecular complexity index is 351. The molecular weight excluding hydrogens is 192 g/mol. The first-order chi connectivity index (χ1) is 6.84. The van der Waals surface area contributed by atoms with Crippen LogP contribution in [0.5, 0.6) is 5.75 Å². The van der Waals surface area contributed by atoms with Crippen LogP contribution in [0.15, 0.2) is 53.5 Å². The lowest BCUT2D eigenvalue weighted by Crippen LogP contribution is -1.97. The summed E-state index contributed by atoms with van der Waals surface area (Å²) in [7, 11) is 0. The van der Waals surface area contributed by atoms with Gasteiger partial charge in [0.1, 0.15) is 5.75 Å². The molecule has 0 amide bonds. The molecule has 72 valence electrons. The van der Waals surface area contributed by atoms with E-state index in [1.807, 2.05) is 23.9 Å². The SMILES string of the molecule is Oc1ccc(SC2C=CC=CC2)cc1. The average Bonchev–Trinajstić information content (AvgIpc) is 2.23. The van der Waals surface area contributed by atoms with Crippen molar-refractivity contribution in [1.82, 2.24) is 0 Å². The fourth-order valence-electron chi connectivity index (χ4n) is 1.34. The van der Waals surface area contributed by atoms with Crippen molar-refractivity contribution in [2.24, 2.45) is 0 Å². The molecular formula is C12H12OS. The van der Waals surface area contributed by atoms with E-state index in [2.05, 4.69) is 24.3 Å². The average molecular weight is 204 g/mol. The summed E-state index contributed by atoms with van der Waals surface area (Å²) in [6, 6.07) is 7.35. The van der Waals surface area contributed by atoms with Crippen LogP contribution in [0.4, 0.5) is 0 Å². The standard InChI is InChI=1S/C12H12OS/c13-10-6-8-12(9-7-10)14-11-4-2-1-3-5-11/h1-4,6-9,11,13H,5H2. The quantitative estimate of drug-likeness (QED) is 0.797. The van der Waals surface area contributed by atoms with Gasteiger partial charge in [0.05, 0.1) is 0 Å². The van der Waals surface area contributed by atoms with Crippen molar-refractivity contribution in [3.8, 4) is 5.75 Å². The monoisotopic (exact) mass is 204 g/mol. The van der Waals surface area contributed by atoms with Crippen LogP contribution in [0.1, 0.15) is 6.42 Å². The highest BCUT2D eigenvalue weighted by molar-refractivity contribution is 8.00. The maximum absolute atomic E-state index is 9.13. The number of phenolic OH excluding ortho intramolecular Hbond substituents is 1. The Labute approximate surface area is 88.2 Å². The maximum atomic E-state index is 9.13. The molecule has 1 aliphatic carbocycles. The lowest BCUT2D eigenvalue weighted by molar-refractivity contribution is 0.475. The molecule has 0 saturated heterocycles. The fourth-order valence-corrected chi connectivity index (χ4v) is 2.36. The van der Waals surface area contributed by atoms with Crippen molar-refractivity contribution in [2.45, 2.75) is 16.6 Å². The van der Waals surface area contributed by atoms with Crippen LogP contribution < -0.4 is 0 Å². The van der Waals surface area contributed by atoms with Gasteiger partial charge in [-0.05, 0) is 30.7 Å². The topological polar surface area (TPSA) is 20.2 Å². The van der Waals surface area contributed by atoms with Gasteiger partial charge in [-0.2, -0.15) is 0 Å². The van der Waals surface area contributed by atoms with Gasteiger partial charge in [-0.3, -0.25) is 0 Å². The normalized spacial score (nSPS) is 19.9. The zero-order chi connectivity index (χ0) is 9.80. The van der Waals surface area contributed by atoms with Gasteiger partial charge in [-0.1, -0.05) is 24.3 Å². The van der Waals surface area contributed by atoms with Crippen molar-refractivity contribution >= 4 is 11.8 Å².